The van der Waals surface area contributed by atoms with E-state index in [9.17, 15) is 13.2 Å². The topological polar surface area (TPSA) is 186 Å². The van der Waals surface area contributed by atoms with E-state index in [-0.39, 0.29) is 38.0 Å². The SMILES string of the molecule is C.Fc1nc(Br)c2nsnc2c1Br.Nc1c(Br)nc(F)c(Br)c1N.Nc1cnc(F)cc1N.O=S(Cl)Cl. The number of hydrogen-bond donors (Lipinski definition) is 4. The number of nitrogens with zero attached hydrogens (tertiary/aromatic N) is 5. The molecule has 0 aromatic carbocycles. The fourth-order valence-electron chi connectivity index (χ4n) is 1.74. The van der Waals surface area contributed by atoms with Gasteiger partial charge in [-0.15, -0.1) is 0 Å². The summed E-state index contributed by atoms with van der Waals surface area (Å²) in [5.41, 5.74) is 23.3. The Morgan fingerprint density at radius 3 is 1.81 bits per heavy atom. The Morgan fingerprint density at radius 2 is 1.30 bits per heavy atom. The molecule has 0 radical (unpaired) electrons. The standard InChI is InChI=1S/C5Br2FN3S.C5H4Br2FN3.C5H6FN3.CH4.Cl2OS/c6-1-2-3(11-12-10-2)4(7)9-5(1)8;6-1-2(9)3(10)4(7)11-5(1)8;6-5-1-3(7)4(8)2-9-5;;1-4(2)3/h;10H2,(H2,9,11);1-2H,8H2,(H2,7,9);1H4;. The number of pyridine rings is 3. The molecular formula is C16H14Br4Cl2F3N9OS2. The normalized spacial score (nSPS) is 9.78. The smallest absolute Gasteiger partial charge is 0.230 e. The maximum absolute atomic E-state index is 12.9. The van der Waals surface area contributed by atoms with Crippen molar-refractivity contribution in [3.05, 3.63) is 48.3 Å². The minimum Gasteiger partial charge on any atom is -0.397 e. The molecule has 4 rings (SSSR count). The Hall–Kier alpha value is -1.09. The van der Waals surface area contributed by atoms with Crippen LogP contribution in [-0.4, -0.2) is 27.9 Å². The molecule has 0 aliphatic heterocycles. The Labute approximate surface area is 257 Å². The summed E-state index contributed by atoms with van der Waals surface area (Å²) in [6.07, 6.45) is 1.19. The first-order valence-electron chi connectivity index (χ1n) is 8.26. The zero-order valence-corrected chi connectivity index (χ0v) is 26.3. The lowest BCUT2D eigenvalue weighted by atomic mass is 10.4. The van der Waals surface area contributed by atoms with Gasteiger partial charge in [0, 0.05) is 27.4 Å². The molecule has 0 aliphatic rings. The van der Waals surface area contributed by atoms with Gasteiger partial charge in [-0.2, -0.15) is 21.9 Å². The number of fused-ring (bicyclic) bond motifs is 1. The van der Waals surface area contributed by atoms with Crippen LogP contribution >= 0.6 is 96.8 Å². The zero-order chi connectivity index (χ0) is 27.7. The van der Waals surface area contributed by atoms with Gasteiger partial charge in [-0.3, -0.25) is 0 Å². The number of nitrogen functional groups attached to an aromatic ring is 4. The van der Waals surface area contributed by atoms with Crippen LogP contribution < -0.4 is 22.9 Å². The Balaban J connectivity index is 0.000000488. The van der Waals surface area contributed by atoms with E-state index in [4.69, 9.17) is 27.1 Å². The fourth-order valence-corrected chi connectivity index (χ4v) is 4.00. The van der Waals surface area contributed by atoms with E-state index in [1.54, 1.807) is 0 Å². The molecule has 8 N–H and O–H groups in total. The number of anilines is 4. The van der Waals surface area contributed by atoms with Crippen molar-refractivity contribution in [1.29, 1.82) is 0 Å². The van der Waals surface area contributed by atoms with Gasteiger partial charge in [0.15, 0.2) is 0 Å². The van der Waals surface area contributed by atoms with Gasteiger partial charge in [-0.05, 0) is 63.7 Å². The van der Waals surface area contributed by atoms with E-state index < -0.39 is 27.1 Å². The molecule has 0 atom stereocenters. The van der Waals surface area contributed by atoms with Crippen LogP contribution in [0.4, 0.5) is 35.9 Å². The third-order valence-electron chi connectivity index (χ3n) is 3.33. The molecule has 0 aliphatic carbocycles. The molecule has 4 heterocycles. The van der Waals surface area contributed by atoms with E-state index in [1.165, 1.54) is 6.20 Å². The number of rotatable bonds is 0. The first kappa shape index (κ1) is 35.9. The lowest BCUT2D eigenvalue weighted by Crippen LogP contribution is -2.01. The van der Waals surface area contributed by atoms with Crippen molar-refractivity contribution in [2.24, 2.45) is 0 Å². The predicted octanol–water partition coefficient (Wildman–Crippen LogP) is 6.72. The Bertz CT molecular complexity index is 1360. The molecule has 0 unspecified atom stereocenters. The first-order valence-corrected chi connectivity index (χ1v) is 15.0. The number of aromatic nitrogens is 5. The average Bonchev–Trinajstić information content (AvgIpc) is 3.29. The summed E-state index contributed by atoms with van der Waals surface area (Å²) in [4.78, 5) is 10.3. The summed E-state index contributed by atoms with van der Waals surface area (Å²) in [5.74, 6) is -1.87. The van der Waals surface area contributed by atoms with Crippen LogP contribution in [0.1, 0.15) is 7.43 Å². The van der Waals surface area contributed by atoms with Gasteiger partial charge >= 0.3 is 0 Å². The fraction of sp³-hybridized carbons (Fsp3) is 0.0625. The molecular weight excluding hydrogens is 846 g/mol. The molecule has 0 amide bonds. The first-order chi connectivity index (χ1) is 16.7. The Kier molecular flexibility index (Phi) is 16.3. The molecule has 0 saturated carbocycles. The molecule has 0 saturated heterocycles. The van der Waals surface area contributed by atoms with E-state index in [2.05, 4.69) is 109 Å². The van der Waals surface area contributed by atoms with Crippen LogP contribution in [0.25, 0.3) is 11.0 Å². The lowest BCUT2D eigenvalue weighted by Gasteiger charge is -2.04. The highest BCUT2D eigenvalue weighted by atomic mass is 79.9. The van der Waals surface area contributed by atoms with Gasteiger partial charge in [-0.1, -0.05) is 7.43 Å². The third-order valence-corrected chi connectivity index (χ3v) is 6.47. The van der Waals surface area contributed by atoms with Crippen LogP contribution in [-0.2, 0) is 9.23 Å². The molecule has 4 aromatic rings. The summed E-state index contributed by atoms with van der Waals surface area (Å²) < 4.78 is 55.6. The zero-order valence-electron chi connectivity index (χ0n) is 16.8. The van der Waals surface area contributed by atoms with Gasteiger partial charge in [0.1, 0.15) is 24.7 Å². The molecule has 4 aromatic heterocycles. The average molecular weight is 860 g/mol. The van der Waals surface area contributed by atoms with Crippen LogP contribution in [0, 0.1) is 17.8 Å². The van der Waals surface area contributed by atoms with E-state index in [1.807, 2.05) is 0 Å². The molecule has 21 heteroatoms. The third kappa shape index (κ3) is 11.3. The summed E-state index contributed by atoms with van der Waals surface area (Å²) in [6.45, 7) is 0. The quantitative estimate of drug-likeness (QED) is 0.109. The molecule has 10 nitrogen and oxygen atoms in total. The van der Waals surface area contributed by atoms with Gasteiger partial charge in [0.25, 0.3) is 0 Å². The van der Waals surface area contributed by atoms with Crippen LogP contribution in [0.3, 0.4) is 0 Å². The van der Waals surface area contributed by atoms with Crippen molar-refractivity contribution in [2.45, 2.75) is 7.43 Å². The molecule has 0 fully saturated rings. The van der Waals surface area contributed by atoms with Crippen molar-refractivity contribution in [2.75, 3.05) is 22.9 Å². The summed E-state index contributed by atoms with van der Waals surface area (Å²) >= 11 is 13.0. The molecule has 0 bridgehead atoms. The number of halogens is 9. The molecule has 37 heavy (non-hydrogen) atoms. The monoisotopic (exact) mass is 855 g/mol. The second kappa shape index (κ2) is 16.8. The molecule has 204 valence electrons. The maximum atomic E-state index is 12.9. The van der Waals surface area contributed by atoms with Gasteiger partial charge in [0.05, 0.1) is 45.1 Å². The van der Waals surface area contributed by atoms with Gasteiger partial charge in [0.2, 0.25) is 27.1 Å². The summed E-state index contributed by atoms with van der Waals surface area (Å²) in [5, 5.41) is 0. The maximum Gasteiger partial charge on any atom is 0.230 e. The lowest BCUT2D eigenvalue weighted by molar-refractivity contribution is 0.575. The second-order valence-corrected chi connectivity index (χ2v) is 11.8. The summed E-state index contributed by atoms with van der Waals surface area (Å²) in [7, 11) is 7.36. The van der Waals surface area contributed by atoms with Crippen LogP contribution in [0.2, 0.25) is 0 Å². The van der Waals surface area contributed by atoms with Gasteiger partial charge in [-0.25, -0.2) is 19.2 Å². The Morgan fingerprint density at radius 1 is 0.811 bits per heavy atom. The minimum atomic E-state index is -1.67. The van der Waals surface area contributed by atoms with Crippen LogP contribution in [0.5, 0.6) is 0 Å². The molecule has 0 spiro atoms. The highest BCUT2D eigenvalue weighted by Crippen LogP contribution is 2.32. The highest BCUT2D eigenvalue weighted by Gasteiger charge is 2.13. The largest absolute Gasteiger partial charge is 0.397 e. The van der Waals surface area contributed by atoms with Gasteiger partial charge < -0.3 is 22.9 Å². The summed E-state index contributed by atoms with van der Waals surface area (Å²) in [6, 6.07) is 1.08. The number of nitrogens with two attached hydrogens (primary N) is 4. The van der Waals surface area contributed by atoms with Crippen molar-refractivity contribution < 1.29 is 17.4 Å². The van der Waals surface area contributed by atoms with E-state index in [0.717, 1.165) is 17.8 Å². The highest BCUT2D eigenvalue weighted by molar-refractivity contribution is 9.11. The number of hydrogen-bond acceptors (Lipinski definition) is 11. The minimum absolute atomic E-state index is 0. The van der Waals surface area contributed by atoms with E-state index in [0.29, 0.717) is 21.3 Å². The van der Waals surface area contributed by atoms with Crippen LogP contribution in [0.15, 0.2) is 30.4 Å². The second-order valence-electron chi connectivity index (χ2n) is 5.62. The predicted molar refractivity (Wildman–Crippen MR) is 159 cm³/mol. The van der Waals surface area contributed by atoms with Crippen molar-refractivity contribution >= 4 is 140 Å². The van der Waals surface area contributed by atoms with Crippen molar-refractivity contribution in [3.63, 3.8) is 0 Å². The van der Waals surface area contributed by atoms with Crippen molar-refractivity contribution in [3.8, 4) is 0 Å². The van der Waals surface area contributed by atoms with E-state index >= 15 is 0 Å². The van der Waals surface area contributed by atoms with Crippen molar-refractivity contribution in [1.82, 2.24) is 23.7 Å².